The fourth-order valence-electron chi connectivity index (χ4n) is 2.71. The van der Waals surface area contributed by atoms with Crippen LogP contribution in [0.25, 0.3) is 10.8 Å². The molecule has 0 unspecified atom stereocenters. The van der Waals surface area contributed by atoms with Gasteiger partial charge in [0.25, 0.3) is 0 Å². The summed E-state index contributed by atoms with van der Waals surface area (Å²) in [6.07, 6.45) is 1.35. The first-order valence-corrected chi connectivity index (χ1v) is 17.9. The number of allylic oxidation sites excluding steroid dienone is 4. The summed E-state index contributed by atoms with van der Waals surface area (Å²) >= 11 is 1.74. The molecule has 0 aliphatic heterocycles. The summed E-state index contributed by atoms with van der Waals surface area (Å²) in [5, 5.41) is 20.0. The third-order valence-electron chi connectivity index (χ3n) is 4.52. The number of fused-ring (bicyclic) bond motifs is 1. The van der Waals surface area contributed by atoms with Gasteiger partial charge in [-0.3, -0.25) is 6.08 Å². The number of aromatic hydroxyl groups is 2. The van der Waals surface area contributed by atoms with E-state index in [0.717, 1.165) is 55.0 Å². The van der Waals surface area contributed by atoms with Gasteiger partial charge in [-0.15, -0.1) is 36.1 Å². The topological polar surface area (TPSA) is 40.5 Å². The molecule has 0 aromatic heterocycles. The quantitative estimate of drug-likeness (QED) is 0.113. The van der Waals surface area contributed by atoms with E-state index >= 15 is 0 Å². The number of halogens is 6. The number of rotatable bonds is 0. The van der Waals surface area contributed by atoms with Crippen molar-refractivity contribution in [3.8, 4) is 11.5 Å². The van der Waals surface area contributed by atoms with Gasteiger partial charge >= 0.3 is 54.2 Å². The molecule has 40 heavy (non-hydrogen) atoms. The minimum Gasteiger partial charge on any atom is -0.508 e. The van der Waals surface area contributed by atoms with Crippen LogP contribution >= 0.6 is 0 Å². The van der Waals surface area contributed by atoms with Gasteiger partial charge in [0.15, 0.2) is 0 Å². The van der Waals surface area contributed by atoms with Gasteiger partial charge in [-0.2, -0.15) is 49.9 Å². The minimum atomic E-state index is -4.33. The summed E-state index contributed by atoms with van der Waals surface area (Å²) in [6, 6.07) is 22.0. The molecule has 10 heteroatoms. The fourth-order valence-corrected chi connectivity index (χ4v) is 2.71. The maximum Gasteiger partial charge on any atom is 0.416 e. The molecule has 1 aliphatic carbocycles. The number of alkyl halides is 6. The average molecular weight is 654 g/mol. The first-order valence-electron chi connectivity index (χ1n) is 11.8. The molecule has 2 nitrogen and oxygen atoms in total. The van der Waals surface area contributed by atoms with Crippen molar-refractivity contribution in [3.05, 3.63) is 126 Å². The van der Waals surface area contributed by atoms with Crippen LogP contribution in [0.5, 0.6) is 11.5 Å². The van der Waals surface area contributed by atoms with Crippen molar-refractivity contribution in [2.24, 2.45) is 0 Å². The summed E-state index contributed by atoms with van der Waals surface area (Å²) in [5.41, 5.74) is -1.30. The van der Waals surface area contributed by atoms with E-state index in [4.69, 9.17) is 10.2 Å². The van der Waals surface area contributed by atoms with Gasteiger partial charge in [-0.05, 0) is 48.5 Å². The maximum absolute atomic E-state index is 11.8. The van der Waals surface area contributed by atoms with E-state index < -0.39 is 23.5 Å². The number of benzene rings is 3. The van der Waals surface area contributed by atoms with Crippen molar-refractivity contribution in [3.63, 3.8) is 0 Å². The Labute approximate surface area is 245 Å². The second kappa shape index (κ2) is 17.7. The van der Waals surface area contributed by atoms with Crippen LogP contribution in [0.1, 0.15) is 17.5 Å². The summed E-state index contributed by atoms with van der Waals surface area (Å²) < 4.78 is 71.0. The number of hydrogen-bond donors (Lipinski definition) is 2. The largest absolute Gasteiger partial charge is 0.508 e. The van der Waals surface area contributed by atoms with Crippen LogP contribution in [-0.4, -0.2) is 15.6 Å². The molecule has 0 bridgehead atoms. The summed E-state index contributed by atoms with van der Waals surface area (Å²) in [4.78, 5) is 0. The normalized spacial score (nSPS) is 11.6. The second-order valence-electron chi connectivity index (χ2n) is 8.25. The molecule has 0 atom stereocenters. The van der Waals surface area contributed by atoms with Gasteiger partial charge in [0, 0.05) is 0 Å². The molecule has 0 spiro atoms. The predicted molar refractivity (Wildman–Crippen MR) is 145 cm³/mol. The van der Waals surface area contributed by atoms with Crippen molar-refractivity contribution >= 4 is 16.2 Å². The van der Waals surface area contributed by atoms with Crippen molar-refractivity contribution in [2.75, 3.05) is 0 Å². The molecule has 0 heterocycles. The van der Waals surface area contributed by atoms with Crippen molar-refractivity contribution in [2.45, 2.75) is 31.9 Å². The summed E-state index contributed by atoms with van der Waals surface area (Å²) in [6.45, 7) is 4.62. The van der Waals surface area contributed by atoms with Gasteiger partial charge in [0.05, 0.1) is 11.1 Å². The van der Waals surface area contributed by atoms with Gasteiger partial charge in [0.2, 0.25) is 0 Å². The molecular formula is C30H28F6O2SiZr. The van der Waals surface area contributed by atoms with Crippen molar-refractivity contribution < 1.29 is 59.9 Å². The molecule has 0 fully saturated rings. The molecule has 210 valence electrons. The number of hydrogen-bond acceptors (Lipinski definition) is 2. The molecule has 4 aromatic rings. The van der Waals surface area contributed by atoms with Gasteiger partial charge in [-0.25, -0.2) is 12.2 Å². The Morgan fingerprint density at radius 2 is 1.20 bits per heavy atom. The Morgan fingerprint density at radius 3 is 1.52 bits per heavy atom. The monoisotopic (exact) mass is 652 g/mol. The van der Waals surface area contributed by atoms with Gasteiger partial charge in [-0.1, -0.05) is 6.07 Å². The Kier molecular flexibility index (Phi) is 15.5. The standard InChI is InChI=1S/C9H7.2C7H5F3O.C5H5.C2H6Si.Zr/c1-2-5-9-7-3-6-8(9)4-1;2*8-7(9,10)5-1-3-6(11)4-2-5;1-2-4-5-3-1;1-3-2;/h1-7H;2*1-4,11H;1-3H,4H2;1-2H3;/q-1;;;-1;;+2. The van der Waals surface area contributed by atoms with E-state index in [2.05, 4.69) is 67.7 Å². The zero-order chi connectivity index (χ0) is 30.2. The predicted octanol–water partition coefficient (Wildman–Crippen LogP) is 9.47. The smallest absolute Gasteiger partial charge is 0.416 e. The SMILES string of the molecule is C[Si](C)=[Zr+2].Oc1ccc(C(F)(F)F)cc1.Oc1ccc(C(F)(F)F)cc1.[C-]1=CC=CC1.c1ccc2[cH-]ccc2c1. The summed E-state index contributed by atoms with van der Waals surface area (Å²) in [5.74, 6) is -0.337. The molecule has 0 saturated carbocycles. The van der Waals surface area contributed by atoms with Crippen LogP contribution in [0.4, 0.5) is 26.3 Å². The molecule has 0 amide bonds. The zero-order valence-electron chi connectivity index (χ0n) is 21.8. The zero-order valence-corrected chi connectivity index (χ0v) is 25.2. The minimum absolute atomic E-state index is 0.169. The van der Waals surface area contributed by atoms with E-state index in [1.807, 2.05) is 12.2 Å². The second-order valence-corrected chi connectivity index (χ2v) is 17.6. The Bertz CT molecular complexity index is 1240. The molecule has 0 radical (unpaired) electrons. The number of phenolic OH excluding ortho intramolecular Hbond substituents is 2. The van der Waals surface area contributed by atoms with Crippen LogP contribution in [-0.2, 0) is 35.7 Å². The molecule has 1 aliphatic rings. The first-order chi connectivity index (χ1) is 18.7. The number of phenols is 2. The maximum atomic E-state index is 11.8. The Morgan fingerprint density at radius 1 is 0.750 bits per heavy atom. The van der Waals surface area contributed by atoms with Crippen molar-refractivity contribution in [1.29, 1.82) is 0 Å². The Balaban J connectivity index is 0.000000261. The van der Waals surface area contributed by atoms with Crippen LogP contribution in [0.3, 0.4) is 0 Å². The van der Waals surface area contributed by atoms with E-state index in [9.17, 15) is 26.3 Å². The molecule has 2 N–H and O–H groups in total. The van der Waals surface area contributed by atoms with Gasteiger partial charge < -0.3 is 10.2 Å². The average Bonchev–Trinajstić information content (AvgIpc) is 3.59. The third-order valence-corrected chi connectivity index (χ3v) is 4.52. The van der Waals surface area contributed by atoms with E-state index in [1.54, 1.807) is 23.3 Å². The molecular weight excluding hydrogens is 626 g/mol. The first kappa shape index (κ1) is 35.1. The Hall–Kier alpha value is -2.97. The fraction of sp³-hybridized carbons (Fsp3) is 0.167. The van der Waals surface area contributed by atoms with Gasteiger partial charge in [0.1, 0.15) is 11.5 Å². The van der Waals surface area contributed by atoms with Crippen LogP contribution in [0.2, 0.25) is 13.1 Å². The van der Waals surface area contributed by atoms with Crippen LogP contribution in [0.15, 0.2) is 109 Å². The van der Waals surface area contributed by atoms with Crippen LogP contribution in [0, 0.1) is 6.08 Å². The van der Waals surface area contributed by atoms with E-state index in [-0.39, 0.29) is 16.9 Å². The molecule has 0 saturated heterocycles. The molecule has 4 aromatic carbocycles. The van der Waals surface area contributed by atoms with Crippen LogP contribution < -0.4 is 0 Å². The van der Waals surface area contributed by atoms with Crippen molar-refractivity contribution in [1.82, 2.24) is 0 Å². The third kappa shape index (κ3) is 15.6. The summed E-state index contributed by atoms with van der Waals surface area (Å²) in [7, 11) is 0. The van der Waals surface area contributed by atoms with E-state index in [0.29, 0.717) is 0 Å². The molecule has 5 rings (SSSR count). The van der Waals surface area contributed by atoms with E-state index in [1.165, 1.54) is 10.8 Å².